The molecule has 0 aromatic heterocycles. The Hall–Kier alpha value is -1.76. The molecule has 0 aliphatic carbocycles. The summed E-state index contributed by atoms with van der Waals surface area (Å²) >= 11 is 0. The van der Waals surface area contributed by atoms with Crippen molar-refractivity contribution in [3.05, 3.63) is 35.4 Å². The Kier molecular flexibility index (Phi) is 7.17. The summed E-state index contributed by atoms with van der Waals surface area (Å²) in [6.45, 7) is 2.42. The van der Waals surface area contributed by atoms with E-state index in [1.54, 1.807) is 0 Å². The van der Waals surface area contributed by atoms with Gasteiger partial charge in [-0.3, -0.25) is 0 Å². The minimum Gasteiger partial charge on any atom is -0.391 e. The van der Waals surface area contributed by atoms with Gasteiger partial charge in [-0.05, 0) is 30.5 Å². The number of urea groups is 1. The van der Waals surface area contributed by atoms with E-state index < -0.39 is 23.9 Å². The fourth-order valence-corrected chi connectivity index (χ4v) is 1.89. The molecule has 3 N–H and O–H groups in total. The zero-order chi connectivity index (χ0) is 16.6. The van der Waals surface area contributed by atoms with Crippen LogP contribution >= 0.6 is 0 Å². The van der Waals surface area contributed by atoms with Gasteiger partial charge in [0, 0.05) is 13.1 Å². The van der Waals surface area contributed by atoms with Gasteiger partial charge in [-0.2, -0.15) is 13.2 Å². The first-order chi connectivity index (χ1) is 10.3. The number of halogens is 3. The molecule has 0 aliphatic heterocycles. The highest BCUT2D eigenvalue weighted by Crippen LogP contribution is 2.29. The average molecular weight is 318 g/mol. The molecule has 1 aromatic rings. The van der Waals surface area contributed by atoms with Crippen LogP contribution in [-0.4, -0.2) is 30.3 Å². The van der Waals surface area contributed by atoms with Crippen molar-refractivity contribution in [2.24, 2.45) is 0 Å². The largest absolute Gasteiger partial charge is 0.416 e. The Morgan fingerprint density at radius 2 is 1.86 bits per heavy atom. The van der Waals surface area contributed by atoms with Crippen LogP contribution in [0.15, 0.2) is 24.3 Å². The summed E-state index contributed by atoms with van der Waals surface area (Å²) in [7, 11) is 0. The number of amides is 2. The summed E-state index contributed by atoms with van der Waals surface area (Å²) in [5.74, 6) is 0. The first-order valence-corrected chi connectivity index (χ1v) is 7.18. The molecule has 0 radical (unpaired) electrons. The highest BCUT2D eigenvalue weighted by Gasteiger charge is 2.29. The number of nitrogens with one attached hydrogen (secondary N) is 2. The predicted octanol–water partition coefficient (Wildman–Crippen LogP) is 2.71. The molecule has 0 heterocycles. The maximum absolute atomic E-state index is 12.4. The number of hydrogen-bond acceptors (Lipinski definition) is 2. The zero-order valence-electron chi connectivity index (χ0n) is 12.4. The first-order valence-electron chi connectivity index (χ1n) is 7.18. The Labute approximate surface area is 127 Å². The van der Waals surface area contributed by atoms with Crippen LogP contribution in [0.3, 0.4) is 0 Å². The number of aliphatic hydroxyl groups excluding tert-OH is 1. The number of carbonyl (C=O) groups is 1. The highest BCUT2D eigenvalue weighted by atomic mass is 19.4. The van der Waals surface area contributed by atoms with Crippen LogP contribution < -0.4 is 10.6 Å². The van der Waals surface area contributed by atoms with E-state index in [1.165, 1.54) is 12.1 Å². The van der Waals surface area contributed by atoms with E-state index >= 15 is 0 Å². The molecule has 0 spiro atoms. The lowest BCUT2D eigenvalue weighted by molar-refractivity contribution is -0.137. The molecule has 0 bridgehead atoms. The number of carbonyl (C=O) groups excluding carboxylic acids is 1. The van der Waals surface area contributed by atoms with Crippen molar-refractivity contribution in [1.29, 1.82) is 0 Å². The van der Waals surface area contributed by atoms with Gasteiger partial charge in [0.05, 0.1) is 11.7 Å². The van der Waals surface area contributed by atoms with E-state index in [0.29, 0.717) is 24.9 Å². The van der Waals surface area contributed by atoms with Crippen LogP contribution in [0.25, 0.3) is 0 Å². The zero-order valence-corrected chi connectivity index (χ0v) is 12.4. The van der Waals surface area contributed by atoms with E-state index in [1.807, 2.05) is 6.92 Å². The molecule has 0 saturated heterocycles. The topological polar surface area (TPSA) is 61.4 Å². The molecule has 1 aromatic carbocycles. The Morgan fingerprint density at radius 3 is 2.41 bits per heavy atom. The third-order valence-corrected chi connectivity index (χ3v) is 3.10. The molecular weight excluding hydrogens is 297 g/mol. The van der Waals surface area contributed by atoms with Gasteiger partial charge in [-0.1, -0.05) is 25.5 Å². The summed E-state index contributed by atoms with van der Waals surface area (Å²) in [6.07, 6.45) is -3.02. The van der Waals surface area contributed by atoms with Crippen molar-refractivity contribution in [1.82, 2.24) is 10.6 Å². The van der Waals surface area contributed by atoms with Gasteiger partial charge < -0.3 is 15.7 Å². The molecule has 4 nitrogen and oxygen atoms in total. The van der Waals surface area contributed by atoms with Crippen LogP contribution in [0.5, 0.6) is 0 Å². The monoisotopic (exact) mass is 318 g/mol. The highest BCUT2D eigenvalue weighted by molar-refractivity contribution is 5.73. The van der Waals surface area contributed by atoms with Crippen LogP contribution in [0.2, 0.25) is 0 Å². The van der Waals surface area contributed by atoms with Crippen molar-refractivity contribution in [2.75, 3.05) is 13.1 Å². The fraction of sp³-hybridized carbons (Fsp3) is 0.533. The first kappa shape index (κ1) is 18.3. The summed E-state index contributed by atoms with van der Waals surface area (Å²) in [4.78, 5) is 11.4. The lowest BCUT2D eigenvalue weighted by Crippen LogP contribution is -2.40. The Bertz CT molecular complexity index is 461. The molecule has 7 heteroatoms. The van der Waals surface area contributed by atoms with E-state index in [9.17, 15) is 23.1 Å². The van der Waals surface area contributed by atoms with Crippen LogP contribution in [0, 0.1) is 0 Å². The van der Waals surface area contributed by atoms with Crippen molar-refractivity contribution >= 4 is 6.03 Å². The Morgan fingerprint density at radius 1 is 1.23 bits per heavy atom. The van der Waals surface area contributed by atoms with E-state index in [4.69, 9.17) is 0 Å². The SMILES string of the molecule is CCCC(O)CNC(=O)NCCc1ccc(C(F)(F)F)cc1. The maximum Gasteiger partial charge on any atom is 0.416 e. The van der Waals surface area contributed by atoms with Crippen molar-refractivity contribution in [3.8, 4) is 0 Å². The molecule has 0 fully saturated rings. The minimum absolute atomic E-state index is 0.181. The molecule has 1 atom stereocenters. The summed E-state index contributed by atoms with van der Waals surface area (Å²) in [5, 5.41) is 14.6. The predicted molar refractivity (Wildman–Crippen MR) is 77.5 cm³/mol. The smallest absolute Gasteiger partial charge is 0.391 e. The average Bonchev–Trinajstić information content (AvgIpc) is 2.45. The second-order valence-electron chi connectivity index (χ2n) is 5.02. The van der Waals surface area contributed by atoms with Crippen LogP contribution in [-0.2, 0) is 12.6 Å². The lowest BCUT2D eigenvalue weighted by Gasteiger charge is -2.12. The van der Waals surface area contributed by atoms with E-state index in [-0.39, 0.29) is 6.54 Å². The van der Waals surface area contributed by atoms with Gasteiger partial charge >= 0.3 is 12.2 Å². The normalized spacial score (nSPS) is 12.8. The number of rotatable bonds is 7. The van der Waals surface area contributed by atoms with Crippen molar-refractivity contribution < 1.29 is 23.1 Å². The number of hydrogen-bond donors (Lipinski definition) is 3. The fourth-order valence-electron chi connectivity index (χ4n) is 1.89. The Balaban J connectivity index is 2.28. The summed E-state index contributed by atoms with van der Waals surface area (Å²) in [5.41, 5.74) is 0.0196. The molecule has 1 unspecified atom stereocenters. The van der Waals surface area contributed by atoms with Gasteiger partial charge in [-0.25, -0.2) is 4.79 Å². The van der Waals surface area contributed by atoms with E-state index in [0.717, 1.165) is 18.6 Å². The van der Waals surface area contributed by atoms with Gasteiger partial charge in [-0.15, -0.1) is 0 Å². The molecular formula is C15H21F3N2O2. The van der Waals surface area contributed by atoms with Gasteiger partial charge in [0.2, 0.25) is 0 Å². The van der Waals surface area contributed by atoms with E-state index in [2.05, 4.69) is 10.6 Å². The van der Waals surface area contributed by atoms with Crippen LogP contribution in [0.1, 0.15) is 30.9 Å². The summed E-state index contributed by atoms with van der Waals surface area (Å²) in [6, 6.07) is 4.44. The third kappa shape index (κ3) is 6.80. The summed E-state index contributed by atoms with van der Waals surface area (Å²) < 4.78 is 37.2. The minimum atomic E-state index is -4.34. The standard InChI is InChI=1S/C15H21F3N2O2/c1-2-3-13(21)10-20-14(22)19-9-8-11-4-6-12(7-5-11)15(16,17)18/h4-7,13,21H,2-3,8-10H2,1H3,(H2,19,20,22). The number of benzene rings is 1. The second-order valence-corrected chi connectivity index (χ2v) is 5.02. The van der Waals surface area contributed by atoms with Gasteiger partial charge in [0.25, 0.3) is 0 Å². The maximum atomic E-state index is 12.4. The molecule has 2 amide bonds. The van der Waals surface area contributed by atoms with Crippen molar-refractivity contribution in [2.45, 2.75) is 38.5 Å². The molecule has 22 heavy (non-hydrogen) atoms. The molecule has 124 valence electrons. The molecule has 0 saturated carbocycles. The third-order valence-electron chi connectivity index (χ3n) is 3.10. The van der Waals surface area contributed by atoms with Gasteiger partial charge in [0.15, 0.2) is 0 Å². The quantitative estimate of drug-likeness (QED) is 0.724. The number of alkyl halides is 3. The lowest BCUT2D eigenvalue weighted by atomic mass is 10.1. The molecule has 1 rings (SSSR count). The second kappa shape index (κ2) is 8.63. The molecule has 0 aliphatic rings. The van der Waals surface area contributed by atoms with Crippen LogP contribution in [0.4, 0.5) is 18.0 Å². The van der Waals surface area contributed by atoms with Crippen molar-refractivity contribution in [3.63, 3.8) is 0 Å². The number of aliphatic hydroxyl groups is 1. The van der Waals surface area contributed by atoms with Gasteiger partial charge in [0.1, 0.15) is 0 Å².